The van der Waals surface area contributed by atoms with E-state index < -0.39 is 0 Å². The maximum Gasteiger partial charge on any atom is 0.151 e. The van der Waals surface area contributed by atoms with Gasteiger partial charge in [0, 0.05) is 29.2 Å². The van der Waals surface area contributed by atoms with Crippen molar-refractivity contribution in [3.8, 4) is 22.6 Å². The minimum Gasteiger partial charge on any atom is -0.463 e. The average molecular weight is 438 g/mol. The number of H-pyrrole nitrogens is 1. The molecular weight excluding hydrogens is 417 g/mol. The van der Waals surface area contributed by atoms with Gasteiger partial charge in [-0.15, -0.1) is 0 Å². The quantitative estimate of drug-likeness (QED) is 0.445. The third-order valence-corrected chi connectivity index (χ3v) is 6.07. The molecule has 0 radical (unpaired) electrons. The van der Waals surface area contributed by atoms with Gasteiger partial charge in [0.25, 0.3) is 0 Å². The van der Waals surface area contributed by atoms with Crippen LogP contribution in [0.1, 0.15) is 23.6 Å². The number of likely N-dealkylation sites (tertiary alicyclic amines) is 1. The monoisotopic (exact) mass is 437 g/mol. The fourth-order valence-electron chi connectivity index (χ4n) is 4.28. The van der Waals surface area contributed by atoms with Crippen molar-refractivity contribution >= 4 is 11.6 Å². The number of rotatable bonds is 5. The molecule has 0 saturated carbocycles. The molecule has 0 amide bonds. The van der Waals surface area contributed by atoms with Crippen LogP contribution in [0.3, 0.4) is 0 Å². The number of halogens is 2. The Morgan fingerprint density at radius 2 is 2.03 bits per heavy atom. The van der Waals surface area contributed by atoms with E-state index in [2.05, 4.69) is 15.1 Å². The van der Waals surface area contributed by atoms with E-state index in [-0.39, 0.29) is 18.0 Å². The van der Waals surface area contributed by atoms with Gasteiger partial charge in [0.05, 0.1) is 24.6 Å². The van der Waals surface area contributed by atoms with Crippen LogP contribution in [-0.2, 0) is 0 Å². The van der Waals surface area contributed by atoms with Crippen molar-refractivity contribution in [2.45, 2.75) is 18.6 Å². The average Bonchev–Trinajstić information content (AvgIpc) is 3.52. The molecule has 1 fully saturated rings. The number of hydrogen-bond acceptors (Lipinski definition) is 4. The van der Waals surface area contributed by atoms with Crippen molar-refractivity contribution in [2.24, 2.45) is 0 Å². The molecule has 2 aromatic heterocycles. The van der Waals surface area contributed by atoms with Crippen LogP contribution in [0.5, 0.6) is 0 Å². The maximum absolute atomic E-state index is 13.3. The van der Waals surface area contributed by atoms with E-state index in [0.717, 1.165) is 34.5 Å². The second-order valence-electron chi connectivity index (χ2n) is 7.76. The number of nitrogens with zero attached hydrogens (tertiary/aromatic N) is 2. The second-order valence-corrected chi connectivity index (χ2v) is 8.17. The van der Waals surface area contributed by atoms with Gasteiger partial charge in [-0.2, -0.15) is 5.10 Å². The van der Waals surface area contributed by atoms with E-state index in [4.69, 9.17) is 16.0 Å². The van der Waals surface area contributed by atoms with Crippen LogP contribution in [0, 0.1) is 5.82 Å². The lowest BCUT2D eigenvalue weighted by Crippen LogP contribution is -2.28. The lowest BCUT2D eigenvalue weighted by Gasteiger charge is -2.28. The van der Waals surface area contributed by atoms with Crippen LogP contribution in [0.4, 0.5) is 4.39 Å². The molecule has 3 heterocycles. The molecule has 2 N–H and O–H groups in total. The summed E-state index contributed by atoms with van der Waals surface area (Å²) in [6.45, 7) is 1.32. The molecule has 158 valence electrons. The minimum absolute atomic E-state index is 0.157. The molecule has 7 heteroatoms. The normalized spacial score (nSPS) is 17.8. The lowest BCUT2D eigenvalue weighted by molar-refractivity contribution is 0.167. The van der Waals surface area contributed by atoms with Crippen LogP contribution < -0.4 is 0 Å². The van der Waals surface area contributed by atoms with Crippen LogP contribution in [0.25, 0.3) is 22.6 Å². The topological polar surface area (TPSA) is 65.3 Å². The first-order chi connectivity index (χ1) is 15.1. The Morgan fingerprint density at radius 1 is 1.19 bits per heavy atom. The summed E-state index contributed by atoms with van der Waals surface area (Å²) in [5, 5.41) is 18.1. The largest absolute Gasteiger partial charge is 0.463 e. The molecule has 0 bridgehead atoms. The summed E-state index contributed by atoms with van der Waals surface area (Å²) in [6, 6.07) is 15.8. The zero-order valence-electron chi connectivity index (χ0n) is 16.6. The van der Waals surface area contributed by atoms with Crippen molar-refractivity contribution < 1.29 is 13.9 Å². The SMILES string of the molecule is OC1CCN(C(c2ccc(-c3ccc(F)cc3)c(Cl)c2)c2cn[nH]c2-c2ccco2)C1. The molecular formula is C24H21ClFN3O2. The third kappa shape index (κ3) is 3.90. The lowest BCUT2D eigenvalue weighted by atomic mass is 9.94. The van der Waals surface area contributed by atoms with Crippen molar-refractivity contribution in [1.82, 2.24) is 15.1 Å². The van der Waals surface area contributed by atoms with Crippen LogP contribution in [0.15, 0.2) is 71.5 Å². The van der Waals surface area contributed by atoms with Gasteiger partial charge in [0.2, 0.25) is 0 Å². The number of β-amino-alcohol motifs (C(OH)–C–C–N with tert-alkyl or cyclic N) is 1. The summed E-state index contributed by atoms with van der Waals surface area (Å²) in [5.74, 6) is 0.417. The Kier molecular flexibility index (Phi) is 5.36. The van der Waals surface area contributed by atoms with Gasteiger partial charge in [0.15, 0.2) is 5.76 Å². The number of hydrogen-bond donors (Lipinski definition) is 2. The van der Waals surface area contributed by atoms with E-state index in [0.29, 0.717) is 23.7 Å². The molecule has 2 atom stereocenters. The van der Waals surface area contributed by atoms with E-state index in [1.54, 1.807) is 24.6 Å². The van der Waals surface area contributed by atoms with Gasteiger partial charge in [0.1, 0.15) is 11.5 Å². The van der Waals surface area contributed by atoms with Crippen molar-refractivity contribution in [1.29, 1.82) is 0 Å². The summed E-state index contributed by atoms with van der Waals surface area (Å²) < 4.78 is 18.9. The number of aliphatic hydroxyl groups excluding tert-OH is 1. The zero-order valence-corrected chi connectivity index (χ0v) is 17.4. The standard InChI is InChI=1S/C24H21ClFN3O2/c25-21-12-16(5-8-19(21)15-3-6-17(26)7-4-15)24(29-10-9-18(30)14-29)20-13-27-28-23(20)22-2-1-11-31-22/h1-8,11-13,18,24,30H,9-10,14H2,(H,27,28). The summed E-state index contributed by atoms with van der Waals surface area (Å²) in [7, 11) is 0. The zero-order chi connectivity index (χ0) is 21.4. The van der Waals surface area contributed by atoms with Gasteiger partial charge >= 0.3 is 0 Å². The molecule has 4 aromatic rings. The van der Waals surface area contributed by atoms with E-state index in [1.807, 2.05) is 30.3 Å². The highest BCUT2D eigenvalue weighted by Crippen LogP contribution is 2.39. The van der Waals surface area contributed by atoms with Gasteiger partial charge < -0.3 is 9.52 Å². The smallest absolute Gasteiger partial charge is 0.151 e. The first-order valence-corrected chi connectivity index (χ1v) is 10.5. The number of furan rings is 1. The Hall–Kier alpha value is -2.93. The molecule has 31 heavy (non-hydrogen) atoms. The van der Waals surface area contributed by atoms with Gasteiger partial charge in [-0.05, 0) is 47.9 Å². The Balaban J connectivity index is 1.57. The molecule has 1 saturated heterocycles. The van der Waals surface area contributed by atoms with Crippen molar-refractivity contribution in [3.63, 3.8) is 0 Å². The Bertz CT molecular complexity index is 1170. The molecule has 2 aromatic carbocycles. The van der Waals surface area contributed by atoms with Crippen molar-refractivity contribution in [2.75, 3.05) is 13.1 Å². The van der Waals surface area contributed by atoms with Crippen LogP contribution in [0.2, 0.25) is 5.02 Å². The molecule has 1 aliphatic rings. The van der Waals surface area contributed by atoms with E-state index in [9.17, 15) is 9.50 Å². The number of benzene rings is 2. The fourth-order valence-corrected chi connectivity index (χ4v) is 4.57. The van der Waals surface area contributed by atoms with Crippen LogP contribution >= 0.6 is 11.6 Å². The summed E-state index contributed by atoms with van der Waals surface area (Å²) >= 11 is 6.68. The first-order valence-electron chi connectivity index (χ1n) is 10.1. The van der Waals surface area contributed by atoms with E-state index >= 15 is 0 Å². The first kappa shape index (κ1) is 20.0. The number of nitrogens with one attached hydrogen (secondary N) is 1. The minimum atomic E-state index is -0.365. The molecule has 1 aliphatic heterocycles. The van der Waals surface area contributed by atoms with Gasteiger partial charge in [-0.3, -0.25) is 10.00 Å². The molecule has 0 spiro atoms. The third-order valence-electron chi connectivity index (χ3n) is 5.75. The Labute approximate surface area is 184 Å². The highest BCUT2D eigenvalue weighted by Gasteiger charge is 2.32. The fraction of sp³-hybridized carbons (Fsp3) is 0.208. The maximum atomic E-state index is 13.3. The number of aromatic amines is 1. The molecule has 5 rings (SSSR count). The van der Waals surface area contributed by atoms with Gasteiger partial charge in [-0.25, -0.2) is 4.39 Å². The van der Waals surface area contributed by atoms with E-state index in [1.165, 1.54) is 12.1 Å². The van der Waals surface area contributed by atoms with Gasteiger partial charge in [-0.1, -0.05) is 35.9 Å². The molecule has 5 nitrogen and oxygen atoms in total. The predicted octanol–water partition coefficient (Wildman–Crippen LogP) is 5.29. The summed E-state index contributed by atoms with van der Waals surface area (Å²) in [5.41, 5.74) is 4.43. The second kappa shape index (κ2) is 8.30. The Morgan fingerprint density at radius 3 is 2.71 bits per heavy atom. The number of aliphatic hydroxyl groups is 1. The predicted molar refractivity (Wildman–Crippen MR) is 117 cm³/mol. The van der Waals surface area contributed by atoms with Crippen LogP contribution in [-0.4, -0.2) is 39.4 Å². The number of aromatic nitrogens is 2. The molecule has 0 aliphatic carbocycles. The highest BCUT2D eigenvalue weighted by molar-refractivity contribution is 6.33. The summed E-state index contributed by atoms with van der Waals surface area (Å²) in [4.78, 5) is 2.23. The van der Waals surface area contributed by atoms with Crippen molar-refractivity contribution in [3.05, 3.63) is 89.0 Å². The summed E-state index contributed by atoms with van der Waals surface area (Å²) in [6.07, 6.45) is 3.78. The molecule has 2 unspecified atom stereocenters. The highest BCUT2D eigenvalue weighted by atomic mass is 35.5.